The average Bonchev–Trinajstić information content (AvgIpc) is 2.37. The van der Waals surface area contributed by atoms with E-state index in [1.165, 1.54) is 0 Å². The molecule has 0 aromatic heterocycles. The number of anilines is 1. The van der Waals surface area contributed by atoms with E-state index in [1.807, 2.05) is 25.1 Å². The Morgan fingerprint density at radius 2 is 2.00 bits per heavy atom. The first-order valence-corrected chi connectivity index (χ1v) is 6.13. The summed E-state index contributed by atoms with van der Waals surface area (Å²) in [5, 5.41) is 9.06. The van der Waals surface area contributed by atoms with Crippen molar-refractivity contribution in [1.82, 2.24) is 0 Å². The van der Waals surface area contributed by atoms with Gasteiger partial charge in [-0.1, -0.05) is 28.1 Å². The standard InChI is InChI=1S/C14H11BrN2O/c1-9-3-2-4-13(14(9)17)18-12-6-5-11(15)7-10(12)8-16/h2-7H,17H2,1H3. The van der Waals surface area contributed by atoms with Gasteiger partial charge in [-0.2, -0.15) is 5.26 Å². The lowest BCUT2D eigenvalue weighted by Gasteiger charge is -2.11. The Labute approximate surface area is 114 Å². The van der Waals surface area contributed by atoms with Crippen LogP contribution in [0.4, 0.5) is 5.69 Å². The maximum absolute atomic E-state index is 9.06. The molecule has 2 rings (SSSR count). The van der Waals surface area contributed by atoms with Gasteiger partial charge < -0.3 is 10.5 Å². The van der Waals surface area contributed by atoms with Crippen molar-refractivity contribution < 1.29 is 4.74 Å². The minimum Gasteiger partial charge on any atom is -0.454 e. The largest absolute Gasteiger partial charge is 0.454 e. The molecule has 0 unspecified atom stereocenters. The number of para-hydroxylation sites is 1. The molecule has 2 aromatic carbocycles. The first kappa shape index (κ1) is 12.5. The molecule has 0 atom stereocenters. The van der Waals surface area contributed by atoms with E-state index >= 15 is 0 Å². The number of nitrogen functional groups attached to an aromatic ring is 1. The molecule has 0 fully saturated rings. The van der Waals surface area contributed by atoms with Gasteiger partial charge in [0.15, 0.2) is 5.75 Å². The number of nitrogens with zero attached hydrogens (tertiary/aromatic N) is 1. The molecule has 0 aliphatic rings. The van der Waals surface area contributed by atoms with Crippen LogP contribution in [0.3, 0.4) is 0 Å². The predicted octanol–water partition coefficient (Wildman–Crippen LogP) is 4.00. The Balaban J connectivity index is 2.41. The van der Waals surface area contributed by atoms with E-state index in [2.05, 4.69) is 22.0 Å². The van der Waals surface area contributed by atoms with E-state index in [9.17, 15) is 0 Å². The van der Waals surface area contributed by atoms with Crippen molar-refractivity contribution in [2.75, 3.05) is 5.73 Å². The van der Waals surface area contributed by atoms with E-state index < -0.39 is 0 Å². The topological polar surface area (TPSA) is 59.0 Å². The van der Waals surface area contributed by atoms with Crippen LogP contribution in [0, 0.1) is 18.3 Å². The van der Waals surface area contributed by atoms with Gasteiger partial charge in [0, 0.05) is 4.47 Å². The Hall–Kier alpha value is -1.99. The smallest absolute Gasteiger partial charge is 0.150 e. The molecule has 18 heavy (non-hydrogen) atoms. The minimum atomic E-state index is 0.463. The van der Waals surface area contributed by atoms with Crippen LogP contribution in [0.1, 0.15) is 11.1 Å². The molecule has 4 heteroatoms. The fraction of sp³-hybridized carbons (Fsp3) is 0.0714. The van der Waals surface area contributed by atoms with E-state index in [4.69, 9.17) is 15.7 Å². The van der Waals surface area contributed by atoms with Crippen LogP contribution < -0.4 is 10.5 Å². The van der Waals surface area contributed by atoms with E-state index in [-0.39, 0.29) is 0 Å². The zero-order valence-corrected chi connectivity index (χ0v) is 11.4. The van der Waals surface area contributed by atoms with Gasteiger partial charge in [-0.3, -0.25) is 0 Å². The van der Waals surface area contributed by atoms with Crippen molar-refractivity contribution in [3.8, 4) is 17.6 Å². The minimum absolute atomic E-state index is 0.463. The summed E-state index contributed by atoms with van der Waals surface area (Å²) in [6.45, 7) is 1.91. The highest BCUT2D eigenvalue weighted by atomic mass is 79.9. The number of benzene rings is 2. The third-order valence-electron chi connectivity index (χ3n) is 2.57. The summed E-state index contributed by atoms with van der Waals surface area (Å²) >= 11 is 3.32. The molecule has 90 valence electrons. The second-order valence-corrected chi connectivity index (χ2v) is 4.76. The Morgan fingerprint density at radius 1 is 1.22 bits per heavy atom. The van der Waals surface area contributed by atoms with Crippen molar-refractivity contribution in [3.63, 3.8) is 0 Å². The van der Waals surface area contributed by atoms with Crippen LogP contribution >= 0.6 is 15.9 Å². The van der Waals surface area contributed by atoms with Gasteiger partial charge in [0.25, 0.3) is 0 Å². The van der Waals surface area contributed by atoms with Crippen molar-refractivity contribution in [3.05, 3.63) is 52.0 Å². The number of halogens is 1. The first-order chi connectivity index (χ1) is 8.61. The number of nitriles is 1. The zero-order chi connectivity index (χ0) is 13.1. The molecule has 0 saturated carbocycles. The number of hydrogen-bond donors (Lipinski definition) is 1. The Kier molecular flexibility index (Phi) is 3.54. The lowest BCUT2D eigenvalue weighted by atomic mass is 10.2. The fourth-order valence-corrected chi connectivity index (χ4v) is 1.90. The summed E-state index contributed by atoms with van der Waals surface area (Å²) in [6, 6.07) is 12.9. The summed E-state index contributed by atoms with van der Waals surface area (Å²) in [7, 11) is 0. The molecule has 0 amide bonds. The molecular formula is C14H11BrN2O. The molecule has 0 heterocycles. The van der Waals surface area contributed by atoms with E-state index in [1.54, 1.807) is 18.2 Å². The first-order valence-electron chi connectivity index (χ1n) is 5.34. The van der Waals surface area contributed by atoms with Gasteiger partial charge in [-0.15, -0.1) is 0 Å². The highest BCUT2D eigenvalue weighted by molar-refractivity contribution is 9.10. The van der Waals surface area contributed by atoms with Gasteiger partial charge in [0.2, 0.25) is 0 Å². The third kappa shape index (κ3) is 2.47. The Bertz CT molecular complexity index is 632. The summed E-state index contributed by atoms with van der Waals surface area (Å²) in [6.07, 6.45) is 0. The van der Waals surface area contributed by atoms with Gasteiger partial charge >= 0.3 is 0 Å². The van der Waals surface area contributed by atoms with Gasteiger partial charge in [-0.05, 0) is 36.8 Å². The summed E-state index contributed by atoms with van der Waals surface area (Å²) in [4.78, 5) is 0. The van der Waals surface area contributed by atoms with Crippen LogP contribution in [0.2, 0.25) is 0 Å². The molecule has 0 spiro atoms. The molecule has 2 N–H and O–H groups in total. The molecule has 0 radical (unpaired) electrons. The third-order valence-corrected chi connectivity index (χ3v) is 3.06. The molecule has 0 saturated heterocycles. The van der Waals surface area contributed by atoms with Crippen molar-refractivity contribution in [2.24, 2.45) is 0 Å². The second kappa shape index (κ2) is 5.11. The molecule has 0 aliphatic carbocycles. The maximum Gasteiger partial charge on any atom is 0.150 e. The summed E-state index contributed by atoms with van der Waals surface area (Å²) in [5.74, 6) is 1.06. The van der Waals surface area contributed by atoms with E-state index in [0.29, 0.717) is 22.7 Å². The van der Waals surface area contributed by atoms with Crippen LogP contribution in [-0.4, -0.2) is 0 Å². The predicted molar refractivity (Wildman–Crippen MR) is 74.5 cm³/mol. The molecule has 2 aromatic rings. The quantitative estimate of drug-likeness (QED) is 0.853. The maximum atomic E-state index is 9.06. The lowest BCUT2D eigenvalue weighted by molar-refractivity contribution is 0.483. The zero-order valence-electron chi connectivity index (χ0n) is 9.77. The number of ether oxygens (including phenoxy) is 1. The Morgan fingerprint density at radius 3 is 2.72 bits per heavy atom. The van der Waals surface area contributed by atoms with Crippen LogP contribution in [0.25, 0.3) is 0 Å². The highest BCUT2D eigenvalue weighted by Crippen LogP contribution is 2.32. The van der Waals surface area contributed by atoms with Gasteiger partial charge in [-0.25, -0.2) is 0 Å². The molecule has 0 aliphatic heterocycles. The van der Waals surface area contributed by atoms with Gasteiger partial charge in [0.05, 0.1) is 11.3 Å². The number of nitrogens with two attached hydrogens (primary N) is 1. The molecule has 0 bridgehead atoms. The molecular weight excluding hydrogens is 292 g/mol. The SMILES string of the molecule is Cc1cccc(Oc2ccc(Br)cc2C#N)c1N. The van der Waals surface area contributed by atoms with Gasteiger partial charge in [0.1, 0.15) is 11.8 Å². The van der Waals surface area contributed by atoms with E-state index in [0.717, 1.165) is 10.0 Å². The van der Waals surface area contributed by atoms with Crippen molar-refractivity contribution in [2.45, 2.75) is 6.92 Å². The molecule has 3 nitrogen and oxygen atoms in total. The normalized spacial score (nSPS) is 9.83. The summed E-state index contributed by atoms with van der Waals surface area (Å²) < 4.78 is 6.54. The number of hydrogen-bond acceptors (Lipinski definition) is 3. The van der Waals surface area contributed by atoms with Crippen molar-refractivity contribution in [1.29, 1.82) is 5.26 Å². The number of rotatable bonds is 2. The van der Waals surface area contributed by atoms with Crippen LogP contribution in [0.5, 0.6) is 11.5 Å². The fourth-order valence-electron chi connectivity index (χ4n) is 1.54. The van der Waals surface area contributed by atoms with Crippen molar-refractivity contribution >= 4 is 21.6 Å². The number of aryl methyl sites for hydroxylation is 1. The average molecular weight is 303 g/mol. The monoisotopic (exact) mass is 302 g/mol. The highest BCUT2D eigenvalue weighted by Gasteiger charge is 2.08. The second-order valence-electron chi connectivity index (χ2n) is 3.84. The lowest BCUT2D eigenvalue weighted by Crippen LogP contribution is -1.95. The van der Waals surface area contributed by atoms with Crippen LogP contribution in [0.15, 0.2) is 40.9 Å². The summed E-state index contributed by atoms with van der Waals surface area (Å²) in [5.41, 5.74) is 7.93. The van der Waals surface area contributed by atoms with Crippen LogP contribution in [-0.2, 0) is 0 Å².